The molecular formula is C21H20FN5O2. The van der Waals surface area contributed by atoms with Crippen LogP contribution in [-0.2, 0) is 11.2 Å². The topological polar surface area (TPSA) is 80.1 Å². The zero-order valence-electron chi connectivity index (χ0n) is 16.1. The van der Waals surface area contributed by atoms with Crippen molar-refractivity contribution in [2.75, 3.05) is 10.4 Å². The van der Waals surface area contributed by atoms with E-state index in [1.54, 1.807) is 24.5 Å². The lowest BCUT2D eigenvalue weighted by atomic mass is 10.0. The smallest absolute Gasteiger partial charge is 0.255 e. The zero-order valence-corrected chi connectivity index (χ0v) is 16.1. The predicted molar refractivity (Wildman–Crippen MR) is 107 cm³/mol. The highest BCUT2D eigenvalue weighted by Crippen LogP contribution is 2.30. The lowest BCUT2D eigenvalue weighted by molar-refractivity contribution is -0.121. The molecule has 0 radical (unpaired) electrons. The minimum absolute atomic E-state index is 0.120. The maximum Gasteiger partial charge on any atom is 0.255 e. The van der Waals surface area contributed by atoms with Gasteiger partial charge in [-0.05, 0) is 50.1 Å². The Morgan fingerprint density at radius 2 is 2.00 bits per heavy atom. The first-order valence-electron chi connectivity index (χ1n) is 9.37. The average molecular weight is 393 g/mol. The standard InChI is InChI=1S/C21H20FN5O2/c1-13(2)26-12-23-25-20(26)15-4-3-5-17(10-15)24-21(29)16-7-6-14-8-9-19(28)27(22)18(14)11-16/h3-7,10-13H,8-9H2,1-2H3,(H,24,29). The summed E-state index contributed by atoms with van der Waals surface area (Å²) in [5.74, 6) is -0.282. The fourth-order valence-electron chi connectivity index (χ4n) is 3.34. The molecule has 0 fully saturated rings. The number of aryl methyl sites for hydroxylation is 1. The molecule has 148 valence electrons. The molecular weight excluding hydrogens is 373 g/mol. The molecule has 1 aliphatic heterocycles. The molecule has 29 heavy (non-hydrogen) atoms. The molecule has 0 bridgehead atoms. The quantitative estimate of drug-likeness (QED) is 0.681. The van der Waals surface area contributed by atoms with E-state index in [1.165, 1.54) is 6.07 Å². The molecule has 7 nitrogen and oxygen atoms in total. The number of hydrogen-bond acceptors (Lipinski definition) is 4. The van der Waals surface area contributed by atoms with Crippen molar-refractivity contribution in [2.24, 2.45) is 0 Å². The summed E-state index contributed by atoms with van der Waals surface area (Å²) in [7, 11) is 0. The summed E-state index contributed by atoms with van der Waals surface area (Å²) in [4.78, 5) is 24.3. The minimum Gasteiger partial charge on any atom is -0.322 e. The van der Waals surface area contributed by atoms with Crippen molar-refractivity contribution < 1.29 is 14.1 Å². The molecule has 2 heterocycles. The molecule has 1 aliphatic rings. The molecule has 1 aromatic heterocycles. The summed E-state index contributed by atoms with van der Waals surface area (Å²) in [6.07, 6.45) is 2.26. The van der Waals surface area contributed by atoms with Crippen LogP contribution in [0, 0.1) is 0 Å². The first-order valence-corrected chi connectivity index (χ1v) is 9.37. The van der Waals surface area contributed by atoms with E-state index in [2.05, 4.69) is 15.5 Å². The summed E-state index contributed by atoms with van der Waals surface area (Å²) in [6, 6.07) is 12.2. The van der Waals surface area contributed by atoms with Gasteiger partial charge in [0, 0.05) is 29.3 Å². The Kier molecular flexibility index (Phi) is 4.84. The number of nitrogens with one attached hydrogen (secondary N) is 1. The van der Waals surface area contributed by atoms with Crippen LogP contribution in [0.25, 0.3) is 11.4 Å². The molecule has 4 rings (SSSR count). The first kappa shape index (κ1) is 18.8. The van der Waals surface area contributed by atoms with Crippen molar-refractivity contribution in [3.8, 4) is 11.4 Å². The van der Waals surface area contributed by atoms with Gasteiger partial charge >= 0.3 is 0 Å². The van der Waals surface area contributed by atoms with Crippen molar-refractivity contribution in [3.05, 3.63) is 59.9 Å². The third-order valence-corrected chi connectivity index (χ3v) is 4.89. The molecule has 0 saturated carbocycles. The van der Waals surface area contributed by atoms with E-state index >= 15 is 0 Å². The van der Waals surface area contributed by atoms with Crippen molar-refractivity contribution in [1.82, 2.24) is 14.8 Å². The maximum atomic E-state index is 14.1. The van der Waals surface area contributed by atoms with Gasteiger partial charge in [0.05, 0.1) is 5.69 Å². The van der Waals surface area contributed by atoms with Gasteiger partial charge in [-0.2, -0.15) is 0 Å². The van der Waals surface area contributed by atoms with Crippen LogP contribution in [0.5, 0.6) is 0 Å². The summed E-state index contributed by atoms with van der Waals surface area (Å²) >= 11 is 0. The highest BCUT2D eigenvalue weighted by Gasteiger charge is 2.25. The SMILES string of the molecule is CC(C)n1cnnc1-c1cccc(NC(=O)c2ccc3c(c2)N(F)C(=O)CC3)c1. The highest BCUT2D eigenvalue weighted by molar-refractivity contribution is 6.06. The minimum atomic E-state index is -0.600. The number of halogens is 1. The van der Waals surface area contributed by atoms with Crippen LogP contribution >= 0.6 is 0 Å². The number of anilines is 2. The van der Waals surface area contributed by atoms with Gasteiger partial charge in [0.1, 0.15) is 6.33 Å². The molecule has 3 aromatic rings. The number of hydrogen-bond donors (Lipinski definition) is 1. The number of amides is 2. The lowest BCUT2D eigenvalue weighted by Gasteiger charge is -2.21. The Morgan fingerprint density at radius 1 is 1.17 bits per heavy atom. The summed E-state index contributed by atoms with van der Waals surface area (Å²) < 4.78 is 16.0. The molecule has 0 atom stereocenters. The lowest BCUT2D eigenvalue weighted by Crippen LogP contribution is -2.28. The van der Waals surface area contributed by atoms with Crippen molar-refractivity contribution in [3.63, 3.8) is 0 Å². The van der Waals surface area contributed by atoms with Gasteiger partial charge in [-0.3, -0.25) is 9.59 Å². The van der Waals surface area contributed by atoms with Crippen molar-refractivity contribution in [1.29, 1.82) is 0 Å². The largest absolute Gasteiger partial charge is 0.322 e. The number of carbonyl (C=O) groups is 2. The molecule has 1 N–H and O–H groups in total. The molecule has 0 unspecified atom stereocenters. The number of aromatic nitrogens is 3. The second kappa shape index (κ2) is 7.46. The number of carbonyl (C=O) groups excluding carboxylic acids is 2. The van der Waals surface area contributed by atoms with Crippen LogP contribution in [0.1, 0.15) is 42.2 Å². The Labute approximate surface area is 167 Å². The first-order chi connectivity index (χ1) is 13.9. The highest BCUT2D eigenvalue weighted by atomic mass is 19.2. The van der Waals surface area contributed by atoms with E-state index < -0.39 is 5.91 Å². The van der Waals surface area contributed by atoms with Gasteiger partial charge in [-0.15, -0.1) is 15.3 Å². The third kappa shape index (κ3) is 3.61. The summed E-state index contributed by atoms with van der Waals surface area (Å²) in [5, 5.41) is 11.1. The Balaban J connectivity index is 1.58. The predicted octanol–water partition coefficient (Wildman–Crippen LogP) is 3.94. The Morgan fingerprint density at radius 3 is 2.79 bits per heavy atom. The summed E-state index contributed by atoms with van der Waals surface area (Å²) in [6.45, 7) is 4.07. The van der Waals surface area contributed by atoms with Gasteiger partial charge < -0.3 is 9.88 Å². The van der Waals surface area contributed by atoms with E-state index in [-0.39, 0.29) is 34.7 Å². The van der Waals surface area contributed by atoms with Gasteiger partial charge in [0.2, 0.25) is 0 Å². The van der Waals surface area contributed by atoms with E-state index in [9.17, 15) is 14.1 Å². The van der Waals surface area contributed by atoms with Crippen molar-refractivity contribution in [2.45, 2.75) is 32.7 Å². The molecule has 2 aromatic carbocycles. The summed E-state index contributed by atoms with van der Waals surface area (Å²) in [5.41, 5.74) is 2.51. The Hall–Kier alpha value is -3.55. The fourth-order valence-corrected chi connectivity index (χ4v) is 3.34. The molecule has 0 saturated heterocycles. The van der Waals surface area contributed by atoms with Crippen molar-refractivity contribution >= 4 is 23.2 Å². The Bertz CT molecular complexity index is 1090. The van der Waals surface area contributed by atoms with Crippen LogP contribution < -0.4 is 10.4 Å². The average Bonchev–Trinajstić information content (AvgIpc) is 3.21. The molecule has 0 spiro atoms. The number of fused-ring (bicyclic) bond motifs is 1. The van der Waals surface area contributed by atoms with Gasteiger partial charge in [0.15, 0.2) is 5.82 Å². The van der Waals surface area contributed by atoms with Gasteiger partial charge in [0.25, 0.3) is 11.8 Å². The number of benzene rings is 2. The van der Waals surface area contributed by atoms with Crippen LogP contribution in [-0.4, -0.2) is 26.6 Å². The van der Waals surface area contributed by atoms with Crippen LogP contribution in [0.3, 0.4) is 0 Å². The van der Waals surface area contributed by atoms with Gasteiger partial charge in [-0.1, -0.05) is 22.7 Å². The fraction of sp³-hybridized carbons (Fsp3) is 0.238. The normalized spacial score (nSPS) is 13.5. The molecule has 2 amide bonds. The van der Waals surface area contributed by atoms with E-state index in [4.69, 9.17) is 0 Å². The van der Waals surface area contributed by atoms with E-state index in [0.717, 1.165) is 5.56 Å². The second-order valence-corrected chi connectivity index (χ2v) is 7.21. The van der Waals surface area contributed by atoms with Crippen LogP contribution in [0.15, 0.2) is 48.8 Å². The number of nitrogens with zero attached hydrogens (tertiary/aromatic N) is 4. The molecule has 0 aliphatic carbocycles. The monoisotopic (exact) mass is 393 g/mol. The zero-order chi connectivity index (χ0) is 20.5. The van der Waals surface area contributed by atoms with E-state index in [0.29, 0.717) is 23.5 Å². The maximum absolute atomic E-state index is 14.1. The van der Waals surface area contributed by atoms with Crippen LogP contribution in [0.4, 0.5) is 15.9 Å². The third-order valence-electron chi connectivity index (χ3n) is 4.89. The van der Waals surface area contributed by atoms with Crippen LogP contribution in [0.2, 0.25) is 0 Å². The van der Waals surface area contributed by atoms with E-state index in [1.807, 2.05) is 36.6 Å². The molecule has 8 heteroatoms. The second-order valence-electron chi connectivity index (χ2n) is 7.21. The number of rotatable bonds is 4. The van der Waals surface area contributed by atoms with Gasteiger partial charge in [-0.25, -0.2) is 0 Å².